The Morgan fingerprint density at radius 3 is 0.833 bits per heavy atom. The summed E-state index contributed by atoms with van der Waals surface area (Å²) in [5, 5.41) is -7.95. The summed E-state index contributed by atoms with van der Waals surface area (Å²) in [7, 11) is -8.14. The molecule has 0 atom stereocenters. The van der Waals surface area contributed by atoms with E-state index in [0.717, 1.165) is 0 Å². The van der Waals surface area contributed by atoms with Gasteiger partial charge in [0.05, 0.1) is 0 Å². The van der Waals surface area contributed by atoms with Crippen molar-refractivity contribution in [2.45, 2.75) is 47.0 Å². The van der Waals surface area contributed by atoms with Crippen LogP contribution >= 0.6 is 0 Å². The fourth-order valence-corrected chi connectivity index (χ4v) is 1.75. The molecule has 0 aliphatic carbocycles. The highest BCUT2D eigenvalue weighted by atomic mass is 32.2. The molecule has 0 spiro atoms. The first-order valence-electron chi connectivity index (χ1n) is 5.67. The lowest BCUT2D eigenvalue weighted by Gasteiger charge is -2.42. The molecule has 30 heavy (non-hydrogen) atoms. The van der Waals surface area contributed by atoms with Crippen LogP contribution in [0.4, 0.5) is 74.6 Å². The van der Waals surface area contributed by atoms with Crippen LogP contribution in [0.3, 0.4) is 0 Å². The molecule has 0 aromatic carbocycles. The van der Waals surface area contributed by atoms with Gasteiger partial charge in [0, 0.05) is 0 Å². The molecule has 0 saturated carbocycles. The molecule has 0 aromatic rings. The topological polar surface area (TPSA) is 93.7 Å². The van der Waals surface area contributed by atoms with Gasteiger partial charge in [-0.05, 0) is 0 Å². The van der Waals surface area contributed by atoms with E-state index in [1.54, 1.807) is 0 Å². The average Bonchev–Trinajstić information content (AvgIpc) is 2.43. The quantitative estimate of drug-likeness (QED) is 0.386. The summed E-state index contributed by atoms with van der Waals surface area (Å²) < 4.78 is 244. The lowest BCUT2D eigenvalue weighted by Crippen LogP contribution is -2.75. The van der Waals surface area contributed by atoms with Gasteiger partial charge in [-0.15, -0.1) is 0 Å². The number of hydrogen-bond acceptors (Lipinski definition) is 3. The van der Waals surface area contributed by atoms with Gasteiger partial charge in [0.2, 0.25) is 0 Å². The fraction of sp³-hybridized carbons (Fsp3) is 1.00. The molecule has 0 amide bonds. The Morgan fingerprint density at radius 2 is 0.633 bits per heavy atom. The molecule has 0 fully saturated rings. The van der Waals surface area contributed by atoms with Crippen LogP contribution in [0.25, 0.3) is 0 Å². The van der Waals surface area contributed by atoms with Crippen LogP contribution in [-0.4, -0.2) is 59.9 Å². The third-order valence-corrected chi connectivity index (χ3v) is 3.89. The maximum Gasteiger partial charge on any atom is 0.460 e. The van der Waals surface area contributed by atoms with Crippen molar-refractivity contribution in [3.8, 4) is 0 Å². The van der Waals surface area contributed by atoms with Gasteiger partial charge < -0.3 is 10.7 Å². The summed E-state index contributed by atoms with van der Waals surface area (Å²) >= 11 is 0. The van der Waals surface area contributed by atoms with Gasteiger partial charge in [-0.25, -0.2) is 8.42 Å². The number of alkyl halides is 17. The first-order chi connectivity index (χ1) is 12.0. The predicted molar refractivity (Wildman–Crippen MR) is 56.4 cm³/mol. The van der Waals surface area contributed by atoms with Gasteiger partial charge in [-0.2, -0.15) is 74.6 Å². The minimum absolute atomic E-state index is 0. The van der Waals surface area contributed by atoms with Crippen molar-refractivity contribution in [1.82, 2.24) is 6.15 Å². The smallest absolute Gasteiger partial charge is 0.460 e. The van der Waals surface area contributed by atoms with Gasteiger partial charge in [-0.1, -0.05) is 0 Å². The zero-order valence-electron chi connectivity index (χ0n) is 13.1. The van der Waals surface area contributed by atoms with Gasteiger partial charge >= 0.3 is 47.0 Å². The van der Waals surface area contributed by atoms with Crippen molar-refractivity contribution in [3.05, 3.63) is 0 Å². The van der Waals surface area contributed by atoms with Gasteiger partial charge in [0.25, 0.3) is 0 Å². The van der Waals surface area contributed by atoms with Crippen LogP contribution < -0.4 is 6.15 Å². The van der Waals surface area contributed by atoms with Crippen LogP contribution in [0.2, 0.25) is 0 Å². The normalized spacial score (nSPS) is 16.3. The highest BCUT2D eigenvalue weighted by Crippen LogP contribution is 2.64. The second-order valence-electron chi connectivity index (χ2n) is 4.92. The van der Waals surface area contributed by atoms with Crippen LogP contribution in [-0.2, 0) is 10.1 Å². The largest absolute Gasteiger partial charge is 0.743 e. The summed E-state index contributed by atoms with van der Waals surface area (Å²) in [6.45, 7) is 0. The van der Waals surface area contributed by atoms with Crippen LogP contribution in [0, 0.1) is 0 Å². The van der Waals surface area contributed by atoms with Crippen LogP contribution in [0.15, 0.2) is 0 Å². The number of hydrogen-bond donors (Lipinski definition) is 1. The monoisotopic (exact) mass is 517 g/mol. The Balaban J connectivity index is 0. The minimum Gasteiger partial charge on any atom is -0.743 e. The summed E-state index contributed by atoms with van der Waals surface area (Å²) in [6.07, 6.45) is -7.89. The van der Waals surface area contributed by atoms with Crippen molar-refractivity contribution in [3.63, 3.8) is 0 Å². The standard InChI is InChI=1S/C8HF17O3S.H3N/c9-1(10,3(13,14)5(17,18)7(21,22)23)2(11,12)4(15,16)6(19,20)8(24,25)29(26,27)28;/h(H,26,27,28);1H3. The van der Waals surface area contributed by atoms with Gasteiger partial charge in [0.15, 0.2) is 10.1 Å². The predicted octanol–water partition coefficient (Wildman–Crippen LogP) is 4.87. The van der Waals surface area contributed by atoms with Crippen molar-refractivity contribution >= 4 is 10.1 Å². The summed E-state index contributed by atoms with van der Waals surface area (Å²) in [4.78, 5) is 0. The lowest BCUT2D eigenvalue weighted by molar-refractivity contribution is -0.458. The number of halogens is 17. The van der Waals surface area contributed by atoms with Crippen molar-refractivity contribution in [1.29, 1.82) is 0 Å². The first kappa shape index (κ1) is 30.9. The Morgan fingerprint density at radius 1 is 0.433 bits per heavy atom. The number of rotatable bonds is 7. The van der Waals surface area contributed by atoms with E-state index in [1.807, 2.05) is 0 Å². The summed E-state index contributed by atoms with van der Waals surface area (Å²) in [6, 6.07) is 0. The average molecular weight is 517 g/mol. The van der Waals surface area contributed by atoms with Crippen LogP contribution in [0.1, 0.15) is 0 Å². The first-order valence-corrected chi connectivity index (χ1v) is 7.08. The van der Waals surface area contributed by atoms with E-state index in [4.69, 9.17) is 0 Å². The highest BCUT2D eigenvalue weighted by Gasteiger charge is 2.95. The Labute approximate surface area is 152 Å². The Bertz CT molecular complexity index is 739. The third-order valence-electron chi connectivity index (χ3n) is 3.01. The van der Waals surface area contributed by atoms with E-state index in [-0.39, 0.29) is 6.15 Å². The second-order valence-corrected chi connectivity index (χ2v) is 6.34. The van der Waals surface area contributed by atoms with Crippen LogP contribution in [0.5, 0.6) is 0 Å². The third kappa shape index (κ3) is 3.52. The molecular formula is C8H4F17NO3S. The minimum atomic E-state index is -8.92. The molecule has 0 unspecified atom stereocenters. The molecule has 0 rings (SSSR count). The lowest BCUT2D eigenvalue weighted by atomic mass is 9.91. The van der Waals surface area contributed by atoms with E-state index >= 15 is 0 Å². The molecule has 0 heterocycles. The van der Waals surface area contributed by atoms with E-state index in [2.05, 4.69) is 0 Å². The maximum atomic E-state index is 13.0. The van der Waals surface area contributed by atoms with Crippen molar-refractivity contribution in [2.24, 2.45) is 0 Å². The Kier molecular flexibility index (Phi) is 7.31. The zero-order valence-corrected chi connectivity index (χ0v) is 13.9. The van der Waals surface area contributed by atoms with E-state index < -0.39 is 57.1 Å². The maximum absolute atomic E-state index is 13.0. The van der Waals surface area contributed by atoms with E-state index in [0.29, 0.717) is 0 Å². The van der Waals surface area contributed by atoms with Gasteiger partial charge in [0.1, 0.15) is 0 Å². The zero-order chi connectivity index (χ0) is 24.5. The Hall–Kier alpha value is -1.32. The van der Waals surface area contributed by atoms with Crippen molar-refractivity contribution in [2.75, 3.05) is 0 Å². The summed E-state index contributed by atoms with van der Waals surface area (Å²) in [5.74, 6) is -52.1. The molecule has 4 nitrogen and oxygen atoms in total. The molecular weight excluding hydrogens is 513 g/mol. The molecule has 0 radical (unpaired) electrons. The molecule has 184 valence electrons. The summed E-state index contributed by atoms with van der Waals surface area (Å²) in [5.41, 5.74) is 0. The molecule has 0 aliphatic heterocycles. The molecule has 22 heteroatoms. The highest BCUT2D eigenvalue weighted by molar-refractivity contribution is 7.86. The van der Waals surface area contributed by atoms with Crippen molar-refractivity contribution < 1.29 is 87.6 Å². The van der Waals surface area contributed by atoms with Gasteiger partial charge in [-0.3, -0.25) is 0 Å². The number of quaternary nitrogens is 1. The SMILES string of the molecule is O=S(=O)([O-])C(F)(F)C(F)(F)C(F)(F)C(F)(F)C(F)(F)C(F)(F)C(F)(F)C(F)(F)F.[NH4+]. The fourth-order valence-electron chi connectivity index (χ4n) is 1.31. The molecule has 4 N–H and O–H groups in total. The molecule has 0 aliphatic rings. The second kappa shape index (κ2) is 7.10. The van der Waals surface area contributed by atoms with E-state index in [1.165, 1.54) is 0 Å². The van der Waals surface area contributed by atoms with E-state index in [9.17, 15) is 87.6 Å². The molecule has 0 saturated heterocycles. The molecule has 0 bridgehead atoms. The molecule has 0 aromatic heterocycles.